The lowest BCUT2D eigenvalue weighted by molar-refractivity contribution is -0.120. The monoisotopic (exact) mass is 334 g/mol. The third-order valence-electron chi connectivity index (χ3n) is 3.04. The average molecular weight is 334 g/mol. The standard InChI is InChI=1S/C16H18N2O4S/c1-20-13-9-15(22-3)14(21-2)7-11(13)10-17-18-16(19)8-12-5-4-6-23-12/h4-7,9-10H,8H2,1-3H3,(H,18,19)/b17-10-. The van der Waals surface area contributed by atoms with Crippen molar-refractivity contribution in [3.63, 3.8) is 0 Å². The lowest BCUT2D eigenvalue weighted by atomic mass is 10.2. The van der Waals surface area contributed by atoms with Crippen molar-refractivity contribution in [3.8, 4) is 17.2 Å². The molecule has 0 aliphatic rings. The largest absolute Gasteiger partial charge is 0.496 e. The second kappa shape index (κ2) is 8.19. The van der Waals surface area contributed by atoms with Crippen molar-refractivity contribution in [3.05, 3.63) is 40.1 Å². The fourth-order valence-corrected chi connectivity index (χ4v) is 2.64. The Hall–Kier alpha value is -2.54. The van der Waals surface area contributed by atoms with Gasteiger partial charge in [0, 0.05) is 16.5 Å². The highest BCUT2D eigenvalue weighted by Gasteiger charge is 2.10. The van der Waals surface area contributed by atoms with Gasteiger partial charge in [-0.25, -0.2) is 5.43 Å². The molecule has 0 bridgehead atoms. The fraction of sp³-hybridized carbons (Fsp3) is 0.250. The number of hydrogen-bond acceptors (Lipinski definition) is 6. The summed E-state index contributed by atoms with van der Waals surface area (Å²) in [6, 6.07) is 7.25. The molecule has 0 aliphatic carbocycles. The number of thiophene rings is 1. The number of carbonyl (C=O) groups excluding carboxylic acids is 1. The molecule has 0 radical (unpaired) electrons. The molecule has 6 nitrogen and oxygen atoms in total. The summed E-state index contributed by atoms with van der Waals surface area (Å²) in [4.78, 5) is 12.8. The van der Waals surface area contributed by atoms with Crippen LogP contribution in [0, 0.1) is 0 Å². The van der Waals surface area contributed by atoms with Gasteiger partial charge in [-0.3, -0.25) is 4.79 Å². The van der Waals surface area contributed by atoms with Gasteiger partial charge in [0.25, 0.3) is 0 Å². The van der Waals surface area contributed by atoms with Crippen LogP contribution in [-0.2, 0) is 11.2 Å². The molecule has 1 aromatic heterocycles. The molecule has 1 heterocycles. The van der Waals surface area contributed by atoms with Crippen molar-refractivity contribution in [1.29, 1.82) is 0 Å². The molecular formula is C16H18N2O4S. The topological polar surface area (TPSA) is 69.2 Å². The van der Waals surface area contributed by atoms with Crippen molar-refractivity contribution < 1.29 is 19.0 Å². The average Bonchev–Trinajstić information content (AvgIpc) is 3.07. The van der Waals surface area contributed by atoms with Crippen LogP contribution in [0.2, 0.25) is 0 Å². The van der Waals surface area contributed by atoms with Gasteiger partial charge in [0.2, 0.25) is 5.91 Å². The van der Waals surface area contributed by atoms with E-state index in [1.165, 1.54) is 17.6 Å². The highest BCUT2D eigenvalue weighted by atomic mass is 32.1. The van der Waals surface area contributed by atoms with Gasteiger partial charge in [-0.15, -0.1) is 11.3 Å². The second-order valence-corrected chi connectivity index (χ2v) is 5.53. The zero-order valence-corrected chi connectivity index (χ0v) is 14.0. The SMILES string of the molecule is COc1cc(OC)c(OC)cc1/C=N\NC(=O)Cc1cccs1. The van der Waals surface area contributed by atoms with E-state index in [1.807, 2.05) is 17.5 Å². The zero-order chi connectivity index (χ0) is 16.7. The quantitative estimate of drug-likeness (QED) is 0.624. The Morgan fingerprint density at radius 3 is 2.48 bits per heavy atom. The number of benzene rings is 1. The molecule has 1 aromatic carbocycles. The van der Waals surface area contributed by atoms with Gasteiger partial charge in [0.15, 0.2) is 11.5 Å². The molecule has 0 saturated heterocycles. The Balaban J connectivity index is 2.07. The normalized spacial score (nSPS) is 10.6. The van der Waals surface area contributed by atoms with Crippen LogP contribution >= 0.6 is 11.3 Å². The maximum atomic E-state index is 11.8. The molecule has 0 aliphatic heterocycles. The number of ether oxygens (including phenoxy) is 3. The summed E-state index contributed by atoms with van der Waals surface area (Å²) in [6.07, 6.45) is 1.81. The van der Waals surface area contributed by atoms with Crippen molar-refractivity contribution in [1.82, 2.24) is 5.43 Å². The number of amides is 1. The third kappa shape index (κ3) is 4.46. The number of nitrogens with zero attached hydrogens (tertiary/aromatic N) is 1. The van der Waals surface area contributed by atoms with Crippen LogP contribution in [0.5, 0.6) is 17.2 Å². The number of hydrogen-bond donors (Lipinski definition) is 1. The number of methoxy groups -OCH3 is 3. The van der Waals surface area contributed by atoms with Gasteiger partial charge in [-0.05, 0) is 17.5 Å². The Morgan fingerprint density at radius 1 is 1.17 bits per heavy atom. The van der Waals surface area contributed by atoms with Crippen molar-refractivity contribution in [2.75, 3.05) is 21.3 Å². The second-order valence-electron chi connectivity index (χ2n) is 4.50. The maximum absolute atomic E-state index is 11.8. The smallest absolute Gasteiger partial charge is 0.245 e. The molecule has 0 spiro atoms. The molecule has 2 rings (SSSR count). The van der Waals surface area contributed by atoms with E-state index in [2.05, 4.69) is 10.5 Å². The molecule has 122 valence electrons. The highest BCUT2D eigenvalue weighted by Crippen LogP contribution is 2.33. The first-order valence-corrected chi connectivity index (χ1v) is 7.70. The lowest BCUT2D eigenvalue weighted by Gasteiger charge is -2.11. The summed E-state index contributed by atoms with van der Waals surface area (Å²) in [6.45, 7) is 0. The lowest BCUT2D eigenvalue weighted by Crippen LogP contribution is -2.19. The van der Waals surface area contributed by atoms with E-state index < -0.39 is 0 Å². The van der Waals surface area contributed by atoms with Gasteiger partial charge >= 0.3 is 0 Å². The van der Waals surface area contributed by atoms with E-state index >= 15 is 0 Å². The molecule has 2 aromatic rings. The van der Waals surface area contributed by atoms with Gasteiger partial charge in [0.1, 0.15) is 5.75 Å². The summed E-state index contributed by atoms with van der Waals surface area (Å²) in [5, 5.41) is 5.90. The minimum atomic E-state index is -0.178. The zero-order valence-electron chi connectivity index (χ0n) is 13.2. The number of nitrogens with one attached hydrogen (secondary N) is 1. The Kier molecular flexibility index (Phi) is 5.99. The number of carbonyl (C=O) groups is 1. The van der Waals surface area contributed by atoms with Gasteiger partial charge in [0.05, 0.1) is 34.0 Å². The fourth-order valence-electron chi connectivity index (χ4n) is 1.94. The molecule has 0 fully saturated rings. The van der Waals surface area contributed by atoms with Crippen LogP contribution in [0.4, 0.5) is 0 Å². The van der Waals surface area contributed by atoms with E-state index in [4.69, 9.17) is 14.2 Å². The third-order valence-corrected chi connectivity index (χ3v) is 3.92. The molecule has 0 unspecified atom stereocenters. The molecule has 0 saturated carbocycles. The molecule has 1 amide bonds. The van der Waals surface area contributed by atoms with Gasteiger partial charge in [-0.1, -0.05) is 6.07 Å². The summed E-state index contributed by atoms with van der Waals surface area (Å²) in [5.74, 6) is 1.50. The number of hydrazone groups is 1. The van der Waals surface area contributed by atoms with E-state index in [-0.39, 0.29) is 5.91 Å². The summed E-state index contributed by atoms with van der Waals surface area (Å²) in [5.41, 5.74) is 3.16. The van der Waals surface area contributed by atoms with Gasteiger partial charge in [-0.2, -0.15) is 5.10 Å². The molecule has 1 N–H and O–H groups in total. The predicted molar refractivity (Wildman–Crippen MR) is 89.9 cm³/mol. The van der Waals surface area contributed by atoms with E-state index in [1.54, 1.807) is 33.5 Å². The summed E-state index contributed by atoms with van der Waals surface area (Å²) in [7, 11) is 4.65. The van der Waals surface area contributed by atoms with Gasteiger partial charge < -0.3 is 14.2 Å². The highest BCUT2D eigenvalue weighted by molar-refractivity contribution is 7.10. The van der Waals surface area contributed by atoms with Crippen LogP contribution in [0.1, 0.15) is 10.4 Å². The Bertz CT molecular complexity index is 684. The summed E-state index contributed by atoms with van der Waals surface area (Å²) < 4.78 is 15.8. The van der Waals surface area contributed by atoms with Crippen molar-refractivity contribution in [2.45, 2.75) is 6.42 Å². The van der Waals surface area contributed by atoms with Crippen LogP contribution in [0.15, 0.2) is 34.7 Å². The first-order valence-electron chi connectivity index (χ1n) is 6.82. The van der Waals surface area contributed by atoms with Crippen LogP contribution in [0.3, 0.4) is 0 Å². The molecular weight excluding hydrogens is 316 g/mol. The summed E-state index contributed by atoms with van der Waals surface area (Å²) >= 11 is 1.53. The van der Waals surface area contributed by atoms with E-state index in [0.29, 0.717) is 29.2 Å². The first-order chi connectivity index (χ1) is 11.2. The van der Waals surface area contributed by atoms with E-state index in [0.717, 1.165) is 4.88 Å². The Morgan fingerprint density at radius 2 is 1.87 bits per heavy atom. The van der Waals surface area contributed by atoms with E-state index in [9.17, 15) is 4.79 Å². The minimum absolute atomic E-state index is 0.178. The first kappa shape index (κ1) is 16.8. The molecule has 23 heavy (non-hydrogen) atoms. The van der Waals surface area contributed by atoms with Crippen molar-refractivity contribution >= 4 is 23.5 Å². The number of rotatable bonds is 7. The van der Waals surface area contributed by atoms with Crippen LogP contribution in [0.25, 0.3) is 0 Å². The Labute approximate surface area is 138 Å². The van der Waals surface area contributed by atoms with Crippen LogP contribution < -0.4 is 19.6 Å². The minimum Gasteiger partial charge on any atom is -0.496 e. The predicted octanol–water partition coefficient (Wildman–Crippen LogP) is 2.47. The molecule has 7 heteroatoms. The maximum Gasteiger partial charge on any atom is 0.245 e. The van der Waals surface area contributed by atoms with Crippen LogP contribution in [-0.4, -0.2) is 33.5 Å². The van der Waals surface area contributed by atoms with Crippen molar-refractivity contribution in [2.24, 2.45) is 5.10 Å². The molecule has 0 atom stereocenters.